The Bertz CT molecular complexity index is 859. The molecule has 0 spiro atoms. The number of nitrogens with one attached hydrogen (secondary N) is 1. The predicted octanol–water partition coefficient (Wildman–Crippen LogP) is 5.03. The van der Waals surface area contributed by atoms with Crippen molar-refractivity contribution < 1.29 is 5.11 Å². The molecule has 4 heteroatoms. The van der Waals surface area contributed by atoms with Crippen LogP contribution in [0.3, 0.4) is 0 Å². The van der Waals surface area contributed by atoms with Crippen molar-refractivity contribution in [2.45, 2.75) is 6.92 Å². The van der Waals surface area contributed by atoms with Crippen LogP contribution in [0.15, 0.2) is 65.8 Å². The maximum absolute atomic E-state index is 10.4. The van der Waals surface area contributed by atoms with Crippen LogP contribution in [0.1, 0.15) is 12.5 Å². The molecule has 0 fully saturated rings. The molecular formula is C18H15ClN2O. The molecule has 0 amide bonds. The van der Waals surface area contributed by atoms with Crippen LogP contribution in [-0.2, 0) is 0 Å². The second kappa shape index (κ2) is 6.08. The number of rotatable bonds is 3. The summed E-state index contributed by atoms with van der Waals surface area (Å²) in [6.45, 7) is 1.84. The van der Waals surface area contributed by atoms with E-state index in [1.165, 1.54) is 0 Å². The zero-order valence-corrected chi connectivity index (χ0v) is 12.8. The maximum Gasteiger partial charge on any atom is 0.132 e. The van der Waals surface area contributed by atoms with Crippen LogP contribution in [0.4, 0.5) is 5.69 Å². The quantitative estimate of drug-likeness (QED) is 0.526. The average molecular weight is 311 g/mol. The third-order valence-corrected chi connectivity index (χ3v) is 3.84. The molecule has 0 atom stereocenters. The topological polar surface area (TPSA) is 44.6 Å². The average Bonchev–Trinajstić information content (AvgIpc) is 2.54. The molecule has 110 valence electrons. The molecule has 2 N–H and O–H groups in total. The lowest BCUT2D eigenvalue weighted by molar-refractivity contribution is 0.480. The number of nitrogens with zero attached hydrogens (tertiary/aromatic N) is 1. The first-order valence-electron chi connectivity index (χ1n) is 6.93. The van der Waals surface area contributed by atoms with Crippen LogP contribution in [0.5, 0.6) is 5.75 Å². The Morgan fingerprint density at radius 2 is 1.73 bits per heavy atom. The highest BCUT2D eigenvalue weighted by Gasteiger charge is 2.08. The van der Waals surface area contributed by atoms with Gasteiger partial charge in [0.05, 0.1) is 16.4 Å². The van der Waals surface area contributed by atoms with E-state index < -0.39 is 0 Å². The van der Waals surface area contributed by atoms with Crippen molar-refractivity contribution >= 4 is 33.8 Å². The number of benzene rings is 3. The van der Waals surface area contributed by atoms with Gasteiger partial charge in [0.15, 0.2) is 0 Å². The molecule has 0 heterocycles. The lowest BCUT2D eigenvalue weighted by Crippen LogP contribution is -2.00. The number of halogens is 1. The van der Waals surface area contributed by atoms with E-state index in [0.717, 1.165) is 16.5 Å². The highest BCUT2D eigenvalue weighted by molar-refractivity contribution is 6.33. The number of phenolic OH excluding ortho intramolecular Hbond substituents is 1. The molecule has 0 unspecified atom stereocenters. The Hall–Kier alpha value is -2.52. The van der Waals surface area contributed by atoms with Gasteiger partial charge in [-0.15, -0.1) is 0 Å². The summed E-state index contributed by atoms with van der Waals surface area (Å²) in [7, 11) is 0. The molecule has 0 aromatic heterocycles. The van der Waals surface area contributed by atoms with E-state index in [4.69, 9.17) is 11.6 Å². The number of para-hydroxylation sites is 1. The molecule has 0 aliphatic heterocycles. The van der Waals surface area contributed by atoms with Gasteiger partial charge in [0.25, 0.3) is 0 Å². The number of hydrogen-bond acceptors (Lipinski definition) is 3. The number of fused-ring (bicyclic) bond motifs is 1. The third kappa shape index (κ3) is 2.76. The van der Waals surface area contributed by atoms with Gasteiger partial charge in [-0.2, -0.15) is 5.10 Å². The molecule has 0 bridgehead atoms. The first-order valence-corrected chi connectivity index (χ1v) is 7.30. The van der Waals surface area contributed by atoms with Crippen molar-refractivity contribution in [3.8, 4) is 5.75 Å². The maximum atomic E-state index is 10.4. The Morgan fingerprint density at radius 1 is 1.00 bits per heavy atom. The summed E-state index contributed by atoms with van der Waals surface area (Å²) in [5, 5.41) is 17.2. The van der Waals surface area contributed by atoms with Crippen LogP contribution >= 0.6 is 11.6 Å². The molecule has 3 aromatic rings. The SMILES string of the molecule is C/C(=N\Nc1ccccc1Cl)c1ccc2ccccc2c1O. The van der Waals surface area contributed by atoms with Crippen LogP contribution in [0.2, 0.25) is 5.02 Å². The number of phenols is 1. The zero-order chi connectivity index (χ0) is 15.5. The van der Waals surface area contributed by atoms with Crippen molar-refractivity contribution in [3.63, 3.8) is 0 Å². The molecule has 22 heavy (non-hydrogen) atoms. The number of hydrazone groups is 1. The Labute approximate surface area is 133 Å². The lowest BCUT2D eigenvalue weighted by Gasteiger charge is -2.09. The van der Waals surface area contributed by atoms with E-state index in [0.29, 0.717) is 16.3 Å². The molecule has 0 aliphatic rings. The predicted molar refractivity (Wildman–Crippen MR) is 92.9 cm³/mol. The van der Waals surface area contributed by atoms with Crippen LogP contribution in [0, 0.1) is 0 Å². The summed E-state index contributed by atoms with van der Waals surface area (Å²) in [6, 6.07) is 18.9. The largest absolute Gasteiger partial charge is 0.507 e. The second-order valence-electron chi connectivity index (χ2n) is 4.97. The van der Waals surface area contributed by atoms with Gasteiger partial charge in [0.2, 0.25) is 0 Å². The first kappa shape index (κ1) is 14.4. The fraction of sp³-hybridized carbons (Fsp3) is 0.0556. The zero-order valence-electron chi connectivity index (χ0n) is 12.0. The minimum Gasteiger partial charge on any atom is -0.507 e. The minimum absolute atomic E-state index is 0.236. The molecule has 3 rings (SSSR count). The molecular weight excluding hydrogens is 296 g/mol. The van der Waals surface area contributed by atoms with Crippen LogP contribution in [0.25, 0.3) is 10.8 Å². The summed E-state index contributed by atoms with van der Waals surface area (Å²) in [4.78, 5) is 0. The number of aromatic hydroxyl groups is 1. The fourth-order valence-corrected chi connectivity index (χ4v) is 2.48. The van der Waals surface area contributed by atoms with Gasteiger partial charge in [-0.3, -0.25) is 5.43 Å². The van der Waals surface area contributed by atoms with Gasteiger partial charge in [-0.25, -0.2) is 0 Å². The van der Waals surface area contributed by atoms with E-state index in [1.54, 1.807) is 6.07 Å². The molecule has 0 radical (unpaired) electrons. The lowest BCUT2D eigenvalue weighted by atomic mass is 10.0. The van der Waals surface area contributed by atoms with Gasteiger partial charge in [-0.1, -0.05) is 54.1 Å². The summed E-state index contributed by atoms with van der Waals surface area (Å²) >= 11 is 6.08. The highest BCUT2D eigenvalue weighted by atomic mass is 35.5. The molecule has 0 saturated heterocycles. The highest BCUT2D eigenvalue weighted by Crippen LogP contribution is 2.29. The van der Waals surface area contributed by atoms with Crippen molar-refractivity contribution in [1.29, 1.82) is 0 Å². The summed E-state index contributed by atoms with van der Waals surface area (Å²) in [5.41, 5.74) is 5.03. The smallest absolute Gasteiger partial charge is 0.132 e. The van der Waals surface area contributed by atoms with Crippen LogP contribution < -0.4 is 5.43 Å². The normalized spacial score (nSPS) is 11.6. The van der Waals surface area contributed by atoms with Gasteiger partial charge in [0.1, 0.15) is 5.75 Å². The Kier molecular flexibility index (Phi) is 3.98. The molecule has 0 saturated carbocycles. The van der Waals surface area contributed by atoms with Gasteiger partial charge in [0, 0.05) is 10.9 Å². The molecule has 3 nitrogen and oxygen atoms in total. The van der Waals surface area contributed by atoms with E-state index in [2.05, 4.69) is 10.5 Å². The summed E-state index contributed by atoms with van der Waals surface area (Å²) in [5.74, 6) is 0.236. The molecule has 0 aliphatic carbocycles. The van der Waals surface area contributed by atoms with E-state index in [-0.39, 0.29) is 5.75 Å². The van der Waals surface area contributed by atoms with Gasteiger partial charge in [-0.05, 0) is 30.5 Å². The molecule has 3 aromatic carbocycles. The van der Waals surface area contributed by atoms with Gasteiger partial charge < -0.3 is 5.11 Å². The van der Waals surface area contributed by atoms with E-state index in [9.17, 15) is 5.11 Å². The second-order valence-corrected chi connectivity index (χ2v) is 5.38. The number of hydrogen-bond donors (Lipinski definition) is 2. The standard InChI is InChI=1S/C18H15ClN2O/c1-12(20-21-17-9-5-4-8-16(17)19)14-11-10-13-6-2-3-7-15(13)18(14)22/h2-11,21-22H,1H3/b20-12+. The monoisotopic (exact) mass is 310 g/mol. The van der Waals surface area contributed by atoms with Crippen molar-refractivity contribution in [3.05, 3.63) is 71.2 Å². The fourth-order valence-electron chi connectivity index (χ4n) is 2.30. The van der Waals surface area contributed by atoms with Crippen molar-refractivity contribution in [2.24, 2.45) is 5.10 Å². The Balaban J connectivity index is 1.95. The van der Waals surface area contributed by atoms with E-state index >= 15 is 0 Å². The third-order valence-electron chi connectivity index (χ3n) is 3.51. The minimum atomic E-state index is 0.236. The number of anilines is 1. The first-order chi connectivity index (χ1) is 10.7. The van der Waals surface area contributed by atoms with Crippen LogP contribution in [-0.4, -0.2) is 10.8 Å². The van der Waals surface area contributed by atoms with Crippen molar-refractivity contribution in [1.82, 2.24) is 0 Å². The Morgan fingerprint density at radius 3 is 2.55 bits per heavy atom. The van der Waals surface area contributed by atoms with Crippen molar-refractivity contribution in [2.75, 3.05) is 5.43 Å². The summed E-state index contributed by atoms with van der Waals surface area (Å²) < 4.78 is 0. The van der Waals surface area contributed by atoms with Gasteiger partial charge >= 0.3 is 0 Å². The summed E-state index contributed by atoms with van der Waals surface area (Å²) in [6.07, 6.45) is 0. The van der Waals surface area contributed by atoms with E-state index in [1.807, 2.05) is 61.5 Å².